The highest BCUT2D eigenvalue weighted by Crippen LogP contribution is 2.18. The summed E-state index contributed by atoms with van der Waals surface area (Å²) in [6.07, 6.45) is 3.47. The molecule has 0 spiro atoms. The smallest absolute Gasteiger partial charge is 0.247 e. The van der Waals surface area contributed by atoms with E-state index in [9.17, 15) is 4.79 Å². The van der Waals surface area contributed by atoms with Gasteiger partial charge in [0, 0.05) is 24.0 Å². The maximum absolute atomic E-state index is 12.8. The predicted molar refractivity (Wildman–Crippen MR) is 119 cm³/mol. The molecule has 1 heterocycles. The zero-order chi connectivity index (χ0) is 20.6. The summed E-state index contributed by atoms with van der Waals surface area (Å²) in [6, 6.07) is 17.9. The highest BCUT2D eigenvalue weighted by Gasteiger charge is 2.14. The SMILES string of the molecule is Cc1nc(COc2cccc(C=CC(=O)N(Cc3ccccc3)C(C)C)c2)cs1. The molecular formula is C24H26N2O2S. The summed E-state index contributed by atoms with van der Waals surface area (Å²) in [6.45, 7) is 7.08. The van der Waals surface area contributed by atoms with E-state index in [1.807, 2.05) is 91.7 Å². The summed E-state index contributed by atoms with van der Waals surface area (Å²) in [5.41, 5.74) is 2.97. The summed E-state index contributed by atoms with van der Waals surface area (Å²) in [7, 11) is 0. The van der Waals surface area contributed by atoms with Crippen LogP contribution in [0.25, 0.3) is 6.08 Å². The van der Waals surface area contributed by atoms with Crippen molar-refractivity contribution in [1.29, 1.82) is 0 Å². The van der Waals surface area contributed by atoms with Gasteiger partial charge in [0.05, 0.1) is 10.7 Å². The Kier molecular flexibility index (Phi) is 7.19. The second-order valence-corrected chi connectivity index (χ2v) is 8.16. The summed E-state index contributed by atoms with van der Waals surface area (Å²) in [5.74, 6) is 0.753. The minimum Gasteiger partial charge on any atom is -0.487 e. The highest BCUT2D eigenvalue weighted by molar-refractivity contribution is 7.09. The molecule has 0 fully saturated rings. The van der Waals surface area contributed by atoms with Crippen molar-refractivity contribution in [3.05, 3.63) is 87.9 Å². The van der Waals surface area contributed by atoms with Crippen LogP contribution in [-0.4, -0.2) is 21.8 Å². The quantitative estimate of drug-likeness (QED) is 0.465. The second kappa shape index (κ2) is 10.0. The number of rotatable bonds is 8. The van der Waals surface area contributed by atoms with Crippen LogP contribution >= 0.6 is 11.3 Å². The first-order chi connectivity index (χ1) is 14.0. The first-order valence-corrected chi connectivity index (χ1v) is 10.6. The molecule has 1 aromatic heterocycles. The third-order valence-corrected chi connectivity index (χ3v) is 5.25. The topological polar surface area (TPSA) is 42.4 Å². The molecule has 0 saturated heterocycles. The lowest BCUT2D eigenvalue weighted by molar-refractivity contribution is -0.128. The van der Waals surface area contributed by atoms with Crippen molar-refractivity contribution in [3.63, 3.8) is 0 Å². The zero-order valence-electron chi connectivity index (χ0n) is 17.0. The van der Waals surface area contributed by atoms with Gasteiger partial charge in [-0.15, -0.1) is 11.3 Å². The Bertz CT molecular complexity index is 964. The van der Waals surface area contributed by atoms with Crippen LogP contribution in [0, 0.1) is 6.92 Å². The molecule has 0 radical (unpaired) electrons. The Hall–Kier alpha value is -2.92. The van der Waals surface area contributed by atoms with E-state index in [2.05, 4.69) is 4.98 Å². The minimum atomic E-state index is -0.00637. The van der Waals surface area contributed by atoms with Crippen LogP contribution in [0.3, 0.4) is 0 Å². The van der Waals surface area contributed by atoms with Crippen molar-refractivity contribution in [3.8, 4) is 5.75 Å². The van der Waals surface area contributed by atoms with Crippen LogP contribution in [0.2, 0.25) is 0 Å². The Morgan fingerprint density at radius 3 is 2.66 bits per heavy atom. The molecule has 0 atom stereocenters. The van der Waals surface area contributed by atoms with Crippen LogP contribution in [0.1, 0.15) is 35.7 Å². The van der Waals surface area contributed by atoms with Crippen LogP contribution in [-0.2, 0) is 17.9 Å². The van der Waals surface area contributed by atoms with E-state index < -0.39 is 0 Å². The lowest BCUT2D eigenvalue weighted by Gasteiger charge is -2.25. The van der Waals surface area contributed by atoms with Crippen molar-refractivity contribution in [1.82, 2.24) is 9.88 Å². The Morgan fingerprint density at radius 1 is 1.17 bits per heavy atom. The summed E-state index contributed by atoms with van der Waals surface area (Å²) in [5, 5.41) is 3.04. The number of carbonyl (C=O) groups is 1. The fourth-order valence-electron chi connectivity index (χ4n) is 2.90. The van der Waals surface area contributed by atoms with Crippen LogP contribution in [0.15, 0.2) is 66.1 Å². The molecule has 0 aliphatic rings. The molecule has 0 N–H and O–H groups in total. The Labute approximate surface area is 176 Å². The maximum atomic E-state index is 12.8. The molecule has 1 amide bonds. The third kappa shape index (κ3) is 6.29. The van der Waals surface area contributed by atoms with Gasteiger partial charge in [-0.1, -0.05) is 42.5 Å². The fraction of sp³-hybridized carbons (Fsp3) is 0.250. The number of carbonyl (C=O) groups excluding carboxylic acids is 1. The number of aromatic nitrogens is 1. The number of ether oxygens (including phenoxy) is 1. The molecule has 0 unspecified atom stereocenters. The van der Waals surface area contributed by atoms with Gasteiger partial charge in [0.15, 0.2) is 0 Å². The number of hydrogen-bond donors (Lipinski definition) is 0. The lowest BCUT2D eigenvalue weighted by atomic mass is 10.1. The largest absolute Gasteiger partial charge is 0.487 e. The monoisotopic (exact) mass is 406 g/mol. The molecule has 150 valence electrons. The standard InChI is InChI=1S/C24H26N2O2S/c1-18(2)26(15-21-8-5-4-6-9-21)24(27)13-12-20-10-7-11-23(14-20)28-16-22-17-29-19(3)25-22/h4-14,17-18H,15-16H2,1-3H3. The molecule has 2 aromatic carbocycles. The number of amides is 1. The van der Waals surface area contributed by atoms with E-state index in [1.165, 1.54) is 0 Å². The number of benzene rings is 2. The van der Waals surface area contributed by atoms with Crippen molar-refractivity contribution < 1.29 is 9.53 Å². The molecule has 3 aromatic rings. The molecule has 0 bridgehead atoms. The second-order valence-electron chi connectivity index (χ2n) is 7.10. The third-order valence-electron chi connectivity index (χ3n) is 4.43. The normalized spacial score (nSPS) is 11.2. The van der Waals surface area contributed by atoms with Gasteiger partial charge in [-0.25, -0.2) is 4.98 Å². The molecule has 5 heteroatoms. The number of hydrogen-bond acceptors (Lipinski definition) is 4. The van der Waals surface area contributed by atoms with Crippen LogP contribution in [0.4, 0.5) is 0 Å². The summed E-state index contributed by atoms with van der Waals surface area (Å²) in [4.78, 5) is 19.0. The van der Waals surface area contributed by atoms with Gasteiger partial charge in [-0.2, -0.15) is 0 Å². The van der Waals surface area contributed by atoms with Crippen molar-refractivity contribution in [2.24, 2.45) is 0 Å². The molecular weight excluding hydrogens is 380 g/mol. The van der Waals surface area contributed by atoms with Crippen LogP contribution in [0.5, 0.6) is 5.75 Å². The first-order valence-electron chi connectivity index (χ1n) is 9.68. The van der Waals surface area contributed by atoms with E-state index in [-0.39, 0.29) is 11.9 Å². The van der Waals surface area contributed by atoms with Crippen molar-refractivity contribution in [2.45, 2.75) is 40.0 Å². The van der Waals surface area contributed by atoms with Gasteiger partial charge >= 0.3 is 0 Å². The maximum Gasteiger partial charge on any atom is 0.247 e. The van der Waals surface area contributed by atoms with E-state index in [4.69, 9.17) is 4.74 Å². The van der Waals surface area contributed by atoms with Gasteiger partial charge in [-0.3, -0.25) is 4.79 Å². The fourth-order valence-corrected chi connectivity index (χ4v) is 3.50. The minimum absolute atomic E-state index is 0.00637. The zero-order valence-corrected chi connectivity index (χ0v) is 17.9. The average molecular weight is 407 g/mol. The van der Waals surface area contributed by atoms with Gasteiger partial charge < -0.3 is 9.64 Å². The molecule has 29 heavy (non-hydrogen) atoms. The number of nitrogens with zero attached hydrogens (tertiary/aromatic N) is 2. The molecule has 0 saturated carbocycles. The van der Waals surface area contributed by atoms with Gasteiger partial charge in [-0.05, 0) is 50.1 Å². The Morgan fingerprint density at radius 2 is 1.97 bits per heavy atom. The molecule has 0 aliphatic heterocycles. The number of aryl methyl sites for hydroxylation is 1. The Balaban J connectivity index is 1.63. The summed E-state index contributed by atoms with van der Waals surface area (Å²) < 4.78 is 5.83. The first kappa shape index (κ1) is 20.8. The van der Waals surface area contributed by atoms with Crippen LogP contribution < -0.4 is 4.74 Å². The van der Waals surface area contributed by atoms with E-state index >= 15 is 0 Å². The molecule has 0 aliphatic carbocycles. The van der Waals surface area contributed by atoms with Crippen molar-refractivity contribution >= 4 is 23.3 Å². The highest BCUT2D eigenvalue weighted by atomic mass is 32.1. The summed E-state index contributed by atoms with van der Waals surface area (Å²) >= 11 is 1.61. The average Bonchev–Trinajstić information content (AvgIpc) is 3.15. The number of thiazole rings is 1. The van der Waals surface area contributed by atoms with Gasteiger partial charge in [0.2, 0.25) is 5.91 Å². The predicted octanol–water partition coefficient (Wildman–Crippen LogP) is 5.48. The molecule has 3 rings (SSSR count). The van der Waals surface area contributed by atoms with E-state index in [0.29, 0.717) is 13.2 Å². The van der Waals surface area contributed by atoms with Crippen molar-refractivity contribution in [2.75, 3.05) is 0 Å². The molecule has 4 nitrogen and oxygen atoms in total. The van der Waals surface area contributed by atoms with Gasteiger partial charge in [0.1, 0.15) is 12.4 Å². The lowest BCUT2D eigenvalue weighted by Crippen LogP contribution is -2.35. The van der Waals surface area contributed by atoms with E-state index in [0.717, 1.165) is 27.6 Å². The van der Waals surface area contributed by atoms with E-state index in [1.54, 1.807) is 17.4 Å². The van der Waals surface area contributed by atoms with Gasteiger partial charge in [0.25, 0.3) is 0 Å².